The number of carboxylic acids is 1. The fourth-order valence-electron chi connectivity index (χ4n) is 1.18. The van der Waals surface area contributed by atoms with Gasteiger partial charge in [0, 0.05) is 20.0 Å². The van der Waals surface area contributed by atoms with Crippen molar-refractivity contribution in [3.8, 4) is 0 Å². The van der Waals surface area contributed by atoms with Gasteiger partial charge in [0.05, 0.1) is 52.9 Å². The van der Waals surface area contributed by atoms with E-state index in [0.29, 0.717) is 39.6 Å². The van der Waals surface area contributed by atoms with E-state index >= 15 is 0 Å². The minimum Gasteiger partial charge on any atom is -0.481 e. The van der Waals surface area contributed by atoms with Gasteiger partial charge >= 0.3 is 0 Å². The van der Waals surface area contributed by atoms with Gasteiger partial charge in [0.25, 0.3) is 5.97 Å². The Morgan fingerprint density at radius 2 is 1.05 bits per heavy atom. The van der Waals surface area contributed by atoms with Gasteiger partial charge in [0.1, 0.15) is 0 Å². The average Bonchev–Trinajstić information content (AvgIpc) is 2.36. The van der Waals surface area contributed by atoms with E-state index < -0.39 is 5.97 Å². The van der Waals surface area contributed by atoms with Gasteiger partial charge in [-0.05, 0) is 0 Å². The standard InChI is InChI=1S/C10H21NO4.C2H4O2/c1-3-12-5-7-14-9-10-15-8-6-13-4-2-11-1;1-2(3)4/h11H,1-10H2;1H3,(H,3,4). The van der Waals surface area contributed by atoms with Crippen molar-refractivity contribution >= 4 is 5.97 Å². The van der Waals surface area contributed by atoms with Gasteiger partial charge in [-0.15, -0.1) is 0 Å². The molecule has 1 rings (SSSR count). The highest BCUT2D eigenvalue weighted by atomic mass is 16.6. The monoisotopic (exact) mass is 279 g/mol. The molecule has 0 aromatic carbocycles. The van der Waals surface area contributed by atoms with Crippen LogP contribution >= 0.6 is 0 Å². The molecule has 1 aliphatic rings. The summed E-state index contributed by atoms with van der Waals surface area (Å²) in [6.45, 7) is 8.08. The van der Waals surface area contributed by atoms with Crippen LogP contribution in [0.25, 0.3) is 0 Å². The third-order valence-corrected chi connectivity index (χ3v) is 1.96. The molecule has 1 heterocycles. The lowest BCUT2D eigenvalue weighted by Crippen LogP contribution is -2.24. The Labute approximate surface area is 114 Å². The first-order valence-corrected chi connectivity index (χ1v) is 6.44. The summed E-state index contributed by atoms with van der Waals surface area (Å²) >= 11 is 0. The van der Waals surface area contributed by atoms with Crippen LogP contribution in [0.2, 0.25) is 0 Å². The molecule has 2 N–H and O–H groups in total. The predicted molar refractivity (Wildman–Crippen MR) is 69.5 cm³/mol. The Bertz CT molecular complexity index is 140. The van der Waals surface area contributed by atoms with Crippen LogP contribution in [0.5, 0.6) is 0 Å². The summed E-state index contributed by atoms with van der Waals surface area (Å²) in [6.07, 6.45) is 0. The molecular weight excluding hydrogens is 254 g/mol. The van der Waals surface area contributed by atoms with Crippen LogP contribution in [0.4, 0.5) is 0 Å². The summed E-state index contributed by atoms with van der Waals surface area (Å²) in [5.74, 6) is -0.833. The molecule has 0 aliphatic carbocycles. The zero-order valence-electron chi connectivity index (χ0n) is 11.6. The average molecular weight is 279 g/mol. The summed E-state index contributed by atoms with van der Waals surface area (Å²) in [5, 5.41) is 10.6. The molecule has 0 bridgehead atoms. The largest absolute Gasteiger partial charge is 0.481 e. The normalized spacial score (nSPS) is 20.3. The predicted octanol–water partition coefficient (Wildman–Crippen LogP) is -0.253. The van der Waals surface area contributed by atoms with Gasteiger partial charge in [0.2, 0.25) is 0 Å². The Kier molecular flexibility index (Phi) is 14.7. The van der Waals surface area contributed by atoms with E-state index in [1.807, 2.05) is 0 Å². The number of ether oxygens (including phenoxy) is 4. The quantitative estimate of drug-likeness (QED) is 0.632. The lowest BCUT2D eigenvalue weighted by Gasteiger charge is -2.05. The van der Waals surface area contributed by atoms with Gasteiger partial charge < -0.3 is 29.4 Å². The van der Waals surface area contributed by atoms with Gasteiger partial charge in [-0.25, -0.2) is 0 Å². The van der Waals surface area contributed by atoms with Crippen LogP contribution in [-0.4, -0.2) is 77.0 Å². The minimum absolute atomic E-state index is 0.627. The van der Waals surface area contributed by atoms with E-state index in [-0.39, 0.29) is 0 Å². The molecule has 0 saturated carbocycles. The third kappa shape index (κ3) is 19.8. The highest BCUT2D eigenvalue weighted by molar-refractivity contribution is 5.62. The molecule has 0 atom stereocenters. The number of carboxylic acid groups (broad SMARTS) is 1. The van der Waals surface area contributed by atoms with Crippen molar-refractivity contribution in [1.29, 1.82) is 0 Å². The Morgan fingerprint density at radius 3 is 1.37 bits per heavy atom. The first kappa shape index (κ1) is 18.3. The van der Waals surface area contributed by atoms with Gasteiger partial charge in [-0.3, -0.25) is 4.79 Å². The molecule has 0 unspecified atom stereocenters. The summed E-state index contributed by atoms with van der Waals surface area (Å²) in [5.41, 5.74) is 0. The first-order chi connectivity index (χ1) is 9.23. The molecule has 0 radical (unpaired) electrons. The van der Waals surface area contributed by atoms with Crippen molar-refractivity contribution in [2.24, 2.45) is 0 Å². The third-order valence-electron chi connectivity index (χ3n) is 1.96. The Hall–Kier alpha value is -0.730. The van der Waals surface area contributed by atoms with E-state index in [1.165, 1.54) is 0 Å². The first-order valence-electron chi connectivity index (χ1n) is 6.44. The number of hydrogen-bond acceptors (Lipinski definition) is 6. The summed E-state index contributed by atoms with van der Waals surface area (Å²) in [4.78, 5) is 9.00. The topological polar surface area (TPSA) is 86.3 Å². The van der Waals surface area contributed by atoms with Gasteiger partial charge in [-0.2, -0.15) is 0 Å². The second kappa shape index (κ2) is 15.3. The molecule has 1 aliphatic heterocycles. The van der Waals surface area contributed by atoms with Crippen LogP contribution in [0, 0.1) is 0 Å². The van der Waals surface area contributed by atoms with E-state index in [2.05, 4.69) is 5.32 Å². The SMILES string of the molecule is C1COCCOCCOCCOCCN1.CC(=O)O. The van der Waals surface area contributed by atoms with E-state index in [4.69, 9.17) is 28.8 Å². The van der Waals surface area contributed by atoms with Crippen LogP contribution in [-0.2, 0) is 23.7 Å². The van der Waals surface area contributed by atoms with E-state index in [9.17, 15) is 0 Å². The molecule has 114 valence electrons. The van der Waals surface area contributed by atoms with E-state index in [1.54, 1.807) is 0 Å². The number of nitrogens with one attached hydrogen (secondary N) is 1. The minimum atomic E-state index is -0.833. The maximum atomic E-state index is 9.00. The zero-order valence-corrected chi connectivity index (χ0v) is 11.6. The fraction of sp³-hybridized carbons (Fsp3) is 0.917. The van der Waals surface area contributed by atoms with Crippen LogP contribution in [0.1, 0.15) is 6.92 Å². The van der Waals surface area contributed by atoms with E-state index in [0.717, 1.165) is 33.2 Å². The maximum absolute atomic E-state index is 9.00. The van der Waals surface area contributed by atoms with Gasteiger partial charge in [-0.1, -0.05) is 0 Å². The summed E-state index contributed by atoms with van der Waals surface area (Å²) in [6, 6.07) is 0. The second-order valence-corrected chi connectivity index (χ2v) is 3.72. The summed E-state index contributed by atoms with van der Waals surface area (Å²) in [7, 11) is 0. The summed E-state index contributed by atoms with van der Waals surface area (Å²) < 4.78 is 21.3. The molecule has 1 fully saturated rings. The molecule has 7 nitrogen and oxygen atoms in total. The second-order valence-electron chi connectivity index (χ2n) is 3.72. The maximum Gasteiger partial charge on any atom is 0.300 e. The highest BCUT2D eigenvalue weighted by Crippen LogP contribution is 1.83. The van der Waals surface area contributed by atoms with Crippen LogP contribution < -0.4 is 5.32 Å². The Balaban J connectivity index is 0.000000711. The lowest BCUT2D eigenvalue weighted by molar-refractivity contribution is -0.134. The molecule has 0 aromatic heterocycles. The lowest BCUT2D eigenvalue weighted by atomic mass is 10.6. The smallest absolute Gasteiger partial charge is 0.300 e. The zero-order chi connectivity index (χ0) is 14.2. The number of hydrogen-bond donors (Lipinski definition) is 2. The van der Waals surface area contributed by atoms with Crippen LogP contribution in [0.3, 0.4) is 0 Å². The van der Waals surface area contributed by atoms with Crippen molar-refractivity contribution in [3.05, 3.63) is 0 Å². The number of rotatable bonds is 0. The highest BCUT2D eigenvalue weighted by Gasteiger charge is 1.94. The molecule has 7 heteroatoms. The van der Waals surface area contributed by atoms with Crippen molar-refractivity contribution in [2.75, 3.05) is 65.9 Å². The number of aliphatic carboxylic acids is 1. The van der Waals surface area contributed by atoms with Gasteiger partial charge in [0.15, 0.2) is 0 Å². The van der Waals surface area contributed by atoms with Crippen LogP contribution in [0.15, 0.2) is 0 Å². The molecule has 0 spiro atoms. The molecule has 19 heavy (non-hydrogen) atoms. The molecular formula is C12H25NO6. The fourth-order valence-corrected chi connectivity index (χ4v) is 1.18. The molecule has 0 amide bonds. The molecule has 1 saturated heterocycles. The van der Waals surface area contributed by atoms with Crippen molar-refractivity contribution in [2.45, 2.75) is 6.92 Å². The van der Waals surface area contributed by atoms with Crippen molar-refractivity contribution < 1.29 is 28.8 Å². The molecule has 0 aromatic rings. The Morgan fingerprint density at radius 1 is 0.789 bits per heavy atom. The number of carbonyl (C=O) groups is 1. The van der Waals surface area contributed by atoms with Crippen molar-refractivity contribution in [3.63, 3.8) is 0 Å². The van der Waals surface area contributed by atoms with Crippen molar-refractivity contribution in [1.82, 2.24) is 5.32 Å².